The lowest BCUT2D eigenvalue weighted by Crippen LogP contribution is -2.51. The molecule has 1 aromatic heterocycles. The Morgan fingerprint density at radius 1 is 1.17 bits per heavy atom. The van der Waals surface area contributed by atoms with Crippen LogP contribution < -0.4 is 20.4 Å². The van der Waals surface area contributed by atoms with Crippen LogP contribution in [-0.2, 0) is 4.79 Å². The van der Waals surface area contributed by atoms with Gasteiger partial charge in [-0.2, -0.15) is 0 Å². The van der Waals surface area contributed by atoms with E-state index in [4.69, 9.17) is 0 Å². The van der Waals surface area contributed by atoms with Crippen molar-refractivity contribution in [3.8, 4) is 0 Å². The van der Waals surface area contributed by atoms with Crippen molar-refractivity contribution >= 4 is 23.2 Å². The van der Waals surface area contributed by atoms with E-state index in [1.807, 2.05) is 6.07 Å². The van der Waals surface area contributed by atoms with Crippen molar-refractivity contribution < 1.29 is 4.79 Å². The Morgan fingerprint density at radius 3 is 2.57 bits per heavy atom. The maximum absolute atomic E-state index is 12.8. The molecule has 0 radical (unpaired) electrons. The zero-order chi connectivity index (χ0) is 20.7. The molecule has 1 aliphatic carbocycles. The number of anilines is 3. The fourth-order valence-electron chi connectivity index (χ4n) is 5.19. The summed E-state index contributed by atoms with van der Waals surface area (Å²) >= 11 is 0. The van der Waals surface area contributed by atoms with E-state index >= 15 is 0 Å². The van der Waals surface area contributed by atoms with Crippen LogP contribution in [-0.4, -0.2) is 48.1 Å². The second-order valence-electron chi connectivity index (χ2n) is 8.75. The Morgan fingerprint density at radius 2 is 1.90 bits per heavy atom. The molecule has 1 saturated heterocycles. The highest BCUT2D eigenvalue weighted by Crippen LogP contribution is 2.50. The molecule has 2 aliphatic heterocycles. The lowest BCUT2D eigenvalue weighted by molar-refractivity contribution is -0.117. The fourth-order valence-corrected chi connectivity index (χ4v) is 5.19. The van der Waals surface area contributed by atoms with Crippen LogP contribution in [0.15, 0.2) is 36.7 Å². The number of carbonyl (C=O) groups is 1. The molecule has 0 spiro atoms. The Balaban J connectivity index is 1.58. The van der Waals surface area contributed by atoms with Gasteiger partial charge in [-0.05, 0) is 43.0 Å². The van der Waals surface area contributed by atoms with Gasteiger partial charge in [-0.25, -0.2) is 9.97 Å². The molecule has 1 amide bonds. The van der Waals surface area contributed by atoms with Gasteiger partial charge in [0.05, 0.1) is 6.04 Å². The van der Waals surface area contributed by atoms with Gasteiger partial charge in [0.1, 0.15) is 0 Å². The molecule has 1 unspecified atom stereocenters. The fraction of sp³-hybridized carbons (Fsp3) is 0.522. The van der Waals surface area contributed by atoms with E-state index in [0.717, 1.165) is 37.4 Å². The van der Waals surface area contributed by atoms with E-state index in [1.165, 1.54) is 18.5 Å². The van der Waals surface area contributed by atoms with Gasteiger partial charge in [-0.1, -0.05) is 6.92 Å². The Labute approximate surface area is 177 Å². The van der Waals surface area contributed by atoms with Crippen LogP contribution in [0, 0.1) is 11.8 Å². The molecule has 3 atom stereocenters. The summed E-state index contributed by atoms with van der Waals surface area (Å²) in [6.07, 6.45) is 5.92. The summed E-state index contributed by atoms with van der Waals surface area (Å²) in [6.45, 7) is 7.95. The van der Waals surface area contributed by atoms with Gasteiger partial charge in [0.25, 0.3) is 0 Å². The van der Waals surface area contributed by atoms with E-state index in [1.54, 1.807) is 19.3 Å². The van der Waals surface area contributed by atoms with Crippen LogP contribution in [0.2, 0.25) is 0 Å². The molecule has 30 heavy (non-hydrogen) atoms. The molecule has 7 heteroatoms. The minimum atomic E-state index is 0.0615. The number of nitrogens with zero attached hydrogens (tertiary/aromatic N) is 4. The van der Waals surface area contributed by atoms with Crippen molar-refractivity contribution in [3.63, 3.8) is 0 Å². The van der Waals surface area contributed by atoms with Gasteiger partial charge in [-0.15, -0.1) is 0 Å². The van der Waals surface area contributed by atoms with Gasteiger partial charge in [0.2, 0.25) is 11.9 Å². The second-order valence-corrected chi connectivity index (χ2v) is 8.75. The summed E-state index contributed by atoms with van der Waals surface area (Å²) in [7, 11) is 0. The van der Waals surface area contributed by atoms with E-state index in [2.05, 4.69) is 55.5 Å². The minimum Gasteiger partial charge on any atom is -0.369 e. The summed E-state index contributed by atoms with van der Waals surface area (Å²) < 4.78 is 0. The maximum Gasteiger partial charge on any atom is 0.224 e. The summed E-state index contributed by atoms with van der Waals surface area (Å²) in [5, 5.41) is 7.02. The predicted octanol–water partition coefficient (Wildman–Crippen LogP) is 2.82. The molecule has 2 aromatic rings. The van der Waals surface area contributed by atoms with Crippen molar-refractivity contribution in [1.82, 2.24) is 15.3 Å². The topological polar surface area (TPSA) is 73.4 Å². The quantitative estimate of drug-likeness (QED) is 0.814. The summed E-state index contributed by atoms with van der Waals surface area (Å²) in [5.74, 6) is 1.60. The summed E-state index contributed by atoms with van der Waals surface area (Å²) in [4.78, 5) is 26.1. The molecule has 2 N–H and O–H groups in total. The molecule has 3 heterocycles. The maximum atomic E-state index is 12.8. The minimum absolute atomic E-state index is 0.0615. The number of rotatable bonds is 4. The van der Waals surface area contributed by atoms with Gasteiger partial charge >= 0.3 is 0 Å². The lowest BCUT2D eigenvalue weighted by Gasteiger charge is -2.46. The number of amides is 1. The Bertz CT molecular complexity index is 909. The largest absolute Gasteiger partial charge is 0.369 e. The molecule has 158 valence electrons. The van der Waals surface area contributed by atoms with Gasteiger partial charge in [-0.3, -0.25) is 4.79 Å². The van der Waals surface area contributed by atoms with Crippen LogP contribution in [0.5, 0.6) is 0 Å². The second kappa shape index (κ2) is 7.87. The SMILES string of the molecule is CC(=O)N1c2ccc(N3CCNCC3)cc2[C@H](Nc2ncccn2)[C@@H](C)C1C1CC1. The molecule has 2 fully saturated rings. The average molecular weight is 407 g/mol. The lowest BCUT2D eigenvalue weighted by atomic mass is 9.79. The molecular formula is C23H30N6O. The molecule has 7 nitrogen and oxygen atoms in total. The monoisotopic (exact) mass is 406 g/mol. The van der Waals surface area contributed by atoms with Crippen LogP contribution in [0.25, 0.3) is 0 Å². The number of carbonyl (C=O) groups excluding carboxylic acids is 1. The Hall–Kier alpha value is -2.67. The zero-order valence-electron chi connectivity index (χ0n) is 17.7. The number of benzene rings is 1. The van der Waals surface area contributed by atoms with Crippen LogP contribution in [0.4, 0.5) is 17.3 Å². The van der Waals surface area contributed by atoms with Crippen LogP contribution in [0.3, 0.4) is 0 Å². The first kappa shape index (κ1) is 19.3. The number of piperazine rings is 1. The standard InChI is InChI=1S/C23H30N6O/c1-15-21(27-23-25-8-3-9-26-23)19-14-18(28-12-10-24-11-13-28)6-7-20(19)29(16(2)30)22(15)17-4-5-17/h3,6-9,14-15,17,21-22,24H,4-5,10-13H2,1-2H3,(H,25,26,27)/t15-,21-,22?/m1/s1. The molecule has 3 aliphatic rings. The highest BCUT2D eigenvalue weighted by molar-refractivity contribution is 5.94. The number of fused-ring (bicyclic) bond motifs is 1. The van der Waals surface area contributed by atoms with Crippen molar-refractivity contribution in [2.24, 2.45) is 11.8 Å². The van der Waals surface area contributed by atoms with Crippen molar-refractivity contribution in [2.75, 3.05) is 41.3 Å². The molecular weight excluding hydrogens is 376 g/mol. The number of nitrogens with one attached hydrogen (secondary N) is 2. The van der Waals surface area contributed by atoms with E-state index in [0.29, 0.717) is 11.9 Å². The summed E-state index contributed by atoms with van der Waals surface area (Å²) in [5.41, 5.74) is 3.42. The first-order chi connectivity index (χ1) is 14.6. The molecule has 5 rings (SSSR count). The third-order valence-electron chi connectivity index (χ3n) is 6.75. The van der Waals surface area contributed by atoms with Gasteiger partial charge < -0.3 is 20.4 Å². The third kappa shape index (κ3) is 3.51. The Kier molecular flexibility index (Phi) is 5.06. The smallest absolute Gasteiger partial charge is 0.224 e. The zero-order valence-corrected chi connectivity index (χ0v) is 17.7. The first-order valence-electron chi connectivity index (χ1n) is 11.1. The third-order valence-corrected chi connectivity index (χ3v) is 6.75. The van der Waals surface area contributed by atoms with Crippen molar-refractivity contribution in [1.29, 1.82) is 0 Å². The molecule has 0 bridgehead atoms. The van der Waals surface area contributed by atoms with Crippen LogP contribution in [0.1, 0.15) is 38.3 Å². The van der Waals surface area contributed by atoms with E-state index < -0.39 is 0 Å². The predicted molar refractivity (Wildman–Crippen MR) is 119 cm³/mol. The van der Waals surface area contributed by atoms with Gasteiger partial charge in [0, 0.05) is 74.4 Å². The van der Waals surface area contributed by atoms with E-state index in [9.17, 15) is 4.79 Å². The van der Waals surface area contributed by atoms with Gasteiger partial charge in [0.15, 0.2) is 0 Å². The molecule has 1 aromatic carbocycles. The number of hydrogen-bond donors (Lipinski definition) is 2. The number of hydrogen-bond acceptors (Lipinski definition) is 6. The summed E-state index contributed by atoms with van der Waals surface area (Å²) in [6, 6.07) is 8.70. The van der Waals surface area contributed by atoms with Crippen LogP contribution >= 0.6 is 0 Å². The molecule has 1 saturated carbocycles. The normalized spacial score (nSPS) is 26.3. The van der Waals surface area contributed by atoms with Crippen molar-refractivity contribution in [3.05, 3.63) is 42.2 Å². The highest BCUT2D eigenvalue weighted by Gasteiger charge is 2.47. The van der Waals surface area contributed by atoms with Crippen molar-refractivity contribution in [2.45, 2.75) is 38.8 Å². The highest BCUT2D eigenvalue weighted by atomic mass is 16.2. The first-order valence-corrected chi connectivity index (χ1v) is 11.1. The average Bonchev–Trinajstić information content (AvgIpc) is 3.61. The number of aromatic nitrogens is 2. The van der Waals surface area contributed by atoms with E-state index in [-0.39, 0.29) is 23.9 Å².